The van der Waals surface area contributed by atoms with E-state index in [0.717, 1.165) is 17.8 Å². The molecule has 102 valence electrons. The summed E-state index contributed by atoms with van der Waals surface area (Å²) in [5.41, 5.74) is 6.15. The van der Waals surface area contributed by atoms with E-state index in [1.807, 2.05) is 11.9 Å². The summed E-state index contributed by atoms with van der Waals surface area (Å²) in [6.45, 7) is 6.37. The van der Waals surface area contributed by atoms with Gasteiger partial charge in [-0.25, -0.2) is 4.79 Å². The Hall–Kier alpha value is -1.30. The maximum absolute atomic E-state index is 11.9. The predicted molar refractivity (Wildman–Crippen MR) is 75.3 cm³/mol. The fourth-order valence-corrected chi connectivity index (χ4v) is 2.60. The number of ether oxygens (including phenoxy) is 1. The molecule has 1 aromatic heterocycles. The topological polar surface area (TPSA) is 68.5 Å². The maximum atomic E-state index is 11.9. The lowest BCUT2D eigenvalue weighted by atomic mass is 10.1. The summed E-state index contributed by atoms with van der Waals surface area (Å²) < 4.78 is 9.08. The van der Waals surface area contributed by atoms with Crippen LogP contribution in [0, 0.1) is 0 Å². The highest BCUT2D eigenvalue weighted by Gasteiger charge is 2.24. The molecule has 0 saturated carbocycles. The fraction of sp³-hybridized carbons (Fsp3) is 0.667. The molecule has 0 amide bonds. The number of carbonyl (C=O) groups is 1. The summed E-state index contributed by atoms with van der Waals surface area (Å²) >= 11 is 1.24. The number of carbonyl (C=O) groups excluding carboxylic acids is 1. The van der Waals surface area contributed by atoms with Crippen LogP contribution in [-0.2, 0) is 4.74 Å². The number of rotatable bonds is 6. The van der Waals surface area contributed by atoms with Gasteiger partial charge < -0.3 is 15.4 Å². The third-order valence-electron chi connectivity index (χ3n) is 2.87. The van der Waals surface area contributed by atoms with Gasteiger partial charge in [-0.3, -0.25) is 0 Å². The zero-order valence-corrected chi connectivity index (χ0v) is 12.2. The van der Waals surface area contributed by atoms with Gasteiger partial charge in [-0.05, 0) is 31.8 Å². The Labute approximate surface area is 112 Å². The quantitative estimate of drug-likeness (QED) is 0.805. The van der Waals surface area contributed by atoms with Crippen LogP contribution in [0.5, 0.6) is 0 Å². The van der Waals surface area contributed by atoms with E-state index in [2.05, 4.69) is 18.2 Å². The van der Waals surface area contributed by atoms with Gasteiger partial charge in [0.1, 0.15) is 10.6 Å². The van der Waals surface area contributed by atoms with Crippen molar-refractivity contribution < 1.29 is 9.53 Å². The van der Waals surface area contributed by atoms with Gasteiger partial charge in [0.15, 0.2) is 5.82 Å². The molecule has 0 aromatic carbocycles. The number of aromatic nitrogens is 1. The van der Waals surface area contributed by atoms with Crippen molar-refractivity contribution in [1.82, 2.24) is 4.37 Å². The van der Waals surface area contributed by atoms with Gasteiger partial charge in [-0.1, -0.05) is 13.3 Å². The lowest BCUT2D eigenvalue weighted by Crippen LogP contribution is -2.29. The van der Waals surface area contributed by atoms with Crippen molar-refractivity contribution in [2.45, 2.75) is 39.7 Å². The van der Waals surface area contributed by atoms with Gasteiger partial charge in [0.05, 0.1) is 6.61 Å². The number of hydrogen-bond acceptors (Lipinski definition) is 6. The molecule has 0 aliphatic heterocycles. The second kappa shape index (κ2) is 6.58. The Kier molecular flexibility index (Phi) is 5.40. The lowest BCUT2D eigenvalue weighted by molar-refractivity contribution is 0.0528. The van der Waals surface area contributed by atoms with E-state index < -0.39 is 5.97 Å². The molecule has 0 spiro atoms. The van der Waals surface area contributed by atoms with Gasteiger partial charge in [0, 0.05) is 13.1 Å². The van der Waals surface area contributed by atoms with Crippen molar-refractivity contribution in [1.29, 1.82) is 0 Å². The molecule has 0 bridgehead atoms. The molecule has 5 nitrogen and oxygen atoms in total. The summed E-state index contributed by atoms with van der Waals surface area (Å²) in [4.78, 5) is 13.9. The van der Waals surface area contributed by atoms with Crippen LogP contribution in [0.25, 0.3) is 0 Å². The van der Waals surface area contributed by atoms with Crippen LogP contribution in [0.3, 0.4) is 0 Å². The van der Waals surface area contributed by atoms with Gasteiger partial charge in [-0.15, -0.1) is 0 Å². The average molecular weight is 271 g/mol. The van der Waals surface area contributed by atoms with Crippen LogP contribution in [-0.4, -0.2) is 30.0 Å². The maximum Gasteiger partial charge on any atom is 0.345 e. The summed E-state index contributed by atoms with van der Waals surface area (Å²) in [6, 6.07) is 0.336. The molecule has 1 heterocycles. The Bertz CT molecular complexity index is 406. The summed E-state index contributed by atoms with van der Waals surface area (Å²) in [7, 11) is 1.95. The monoisotopic (exact) mass is 271 g/mol. The second-order valence-corrected chi connectivity index (χ2v) is 4.97. The first-order valence-electron chi connectivity index (χ1n) is 6.17. The molecule has 1 rings (SSSR count). The highest BCUT2D eigenvalue weighted by Crippen LogP contribution is 2.32. The number of anilines is 2. The van der Waals surface area contributed by atoms with Crippen molar-refractivity contribution in [3.8, 4) is 0 Å². The highest BCUT2D eigenvalue weighted by atomic mass is 32.1. The van der Waals surface area contributed by atoms with E-state index in [9.17, 15) is 4.79 Å². The molecule has 2 N–H and O–H groups in total. The van der Waals surface area contributed by atoms with E-state index in [1.165, 1.54) is 11.5 Å². The zero-order chi connectivity index (χ0) is 13.7. The Balaban J connectivity index is 2.99. The Morgan fingerprint density at radius 2 is 2.22 bits per heavy atom. The molecule has 0 fully saturated rings. The van der Waals surface area contributed by atoms with Crippen molar-refractivity contribution in [3.05, 3.63) is 5.56 Å². The first-order chi connectivity index (χ1) is 8.52. The largest absolute Gasteiger partial charge is 0.462 e. The van der Waals surface area contributed by atoms with Gasteiger partial charge in [0.2, 0.25) is 0 Å². The smallest absolute Gasteiger partial charge is 0.345 e. The van der Waals surface area contributed by atoms with Crippen LogP contribution in [0.1, 0.15) is 44.0 Å². The number of hydrogen-bond donors (Lipinski definition) is 1. The molecule has 1 atom stereocenters. The van der Waals surface area contributed by atoms with Crippen molar-refractivity contribution in [2.75, 3.05) is 24.3 Å². The Morgan fingerprint density at radius 1 is 1.56 bits per heavy atom. The minimum atomic E-state index is -0.394. The molecule has 0 saturated heterocycles. The molecule has 6 heteroatoms. The van der Waals surface area contributed by atoms with E-state index in [-0.39, 0.29) is 5.82 Å². The number of nitrogen functional groups attached to an aromatic ring is 1. The zero-order valence-electron chi connectivity index (χ0n) is 11.4. The molecule has 0 aliphatic carbocycles. The van der Waals surface area contributed by atoms with E-state index in [4.69, 9.17) is 10.5 Å². The van der Waals surface area contributed by atoms with Gasteiger partial charge >= 0.3 is 5.97 Å². The predicted octanol–water partition coefficient (Wildman–Crippen LogP) is 2.53. The second-order valence-electron chi connectivity index (χ2n) is 4.22. The fourth-order valence-electron chi connectivity index (χ4n) is 1.74. The minimum absolute atomic E-state index is 0.254. The van der Waals surface area contributed by atoms with Crippen LogP contribution in [0.4, 0.5) is 10.8 Å². The Morgan fingerprint density at radius 3 is 2.78 bits per heavy atom. The standard InChI is InChI=1S/C12H21N3O2S/c1-5-7-8(3)15(4)11-9(10(13)14-18-11)12(16)17-6-2/h8H,5-7H2,1-4H3,(H2,13,14). The third kappa shape index (κ3) is 3.13. The van der Waals surface area contributed by atoms with Crippen LogP contribution in [0.2, 0.25) is 0 Å². The van der Waals surface area contributed by atoms with Crippen molar-refractivity contribution in [2.24, 2.45) is 0 Å². The summed E-state index contributed by atoms with van der Waals surface area (Å²) in [6.07, 6.45) is 2.14. The van der Waals surface area contributed by atoms with E-state index in [0.29, 0.717) is 18.2 Å². The van der Waals surface area contributed by atoms with Crippen LogP contribution >= 0.6 is 11.5 Å². The third-order valence-corrected chi connectivity index (χ3v) is 3.82. The number of nitrogens with zero attached hydrogens (tertiary/aromatic N) is 2. The minimum Gasteiger partial charge on any atom is -0.462 e. The van der Waals surface area contributed by atoms with Crippen molar-refractivity contribution in [3.63, 3.8) is 0 Å². The van der Waals surface area contributed by atoms with Crippen LogP contribution in [0.15, 0.2) is 0 Å². The normalized spacial score (nSPS) is 12.2. The molecular formula is C12H21N3O2S. The molecule has 0 radical (unpaired) electrons. The summed E-state index contributed by atoms with van der Waals surface area (Å²) in [5.74, 6) is -0.140. The molecule has 0 aliphatic rings. The highest BCUT2D eigenvalue weighted by molar-refractivity contribution is 7.11. The average Bonchev–Trinajstić information content (AvgIpc) is 2.70. The SMILES string of the molecule is CCCC(C)N(C)c1snc(N)c1C(=O)OCC. The number of nitrogens with two attached hydrogens (primary N) is 1. The summed E-state index contributed by atoms with van der Waals surface area (Å²) in [5, 5.41) is 0.784. The van der Waals surface area contributed by atoms with Crippen LogP contribution < -0.4 is 10.6 Å². The first-order valence-corrected chi connectivity index (χ1v) is 6.95. The van der Waals surface area contributed by atoms with E-state index >= 15 is 0 Å². The van der Waals surface area contributed by atoms with Crippen molar-refractivity contribution >= 4 is 28.3 Å². The van der Waals surface area contributed by atoms with Gasteiger partial charge in [-0.2, -0.15) is 4.37 Å². The number of esters is 1. The van der Waals surface area contributed by atoms with E-state index in [1.54, 1.807) is 6.92 Å². The van der Waals surface area contributed by atoms with Gasteiger partial charge in [0.25, 0.3) is 0 Å². The lowest BCUT2D eigenvalue weighted by Gasteiger charge is -2.25. The molecule has 1 unspecified atom stereocenters. The first kappa shape index (κ1) is 14.8. The molecule has 18 heavy (non-hydrogen) atoms. The molecular weight excluding hydrogens is 250 g/mol. The molecule has 1 aromatic rings.